The molecule has 5 rings (SSSR count). The quantitative estimate of drug-likeness (QED) is 0.299. The van der Waals surface area contributed by atoms with Gasteiger partial charge in [0.2, 0.25) is 0 Å². The predicted octanol–water partition coefficient (Wildman–Crippen LogP) is 5.93. The van der Waals surface area contributed by atoms with E-state index in [9.17, 15) is 4.79 Å². The van der Waals surface area contributed by atoms with Crippen molar-refractivity contribution in [3.63, 3.8) is 0 Å². The van der Waals surface area contributed by atoms with E-state index in [-0.39, 0.29) is 5.91 Å². The Morgan fingerprint density at radius 1 is 1.22 bits per heavy atom. The average Bonchev–Trinajstić information content (AvgIpc) is 3.28. The van der Waals surface area contributed by atoms with Crippen molar-refractivity contribution in [2.24, 2.45) is 5.92 Å². The molecule has 9 heteroatoms. The standard InChI is InChI=1S/C27H27BrClN5O2/c1-18(36-20-9-3-2-4-10-20)27(35)33-13-7-8-19(17-33)15-30-25-14-24(21-11-5-6-12-23(21)29)32-26-22(28)16-31-34(25)26/h2-6,9-12,14,16,18-19,30H,7-8,13,15,17H2,1H3. The maximum Gasteiger partial charge on any atom is 0.263 e. The molecular formula is C27H27BrClN5O2. The van der Waals surface area contributed by atoms with Gasteiger partial charge in [0.05, 0.1) is 16.4 Å². The van der Waals surface area contributed by atoms with Gasteiger partial charge in [0.15, 0.2) is 11.8 Å². The topological polar surface area (TPSA) is 71.8 Å². The number of aromatic nitrogens is 3. The molecule has 186 valence electrons. The number of piperidine rings is 1. The summed E-state index contributed by atoms with van der Waals surface area (Å²) in [4.78, 5) is 19.8. The van der Waals surface area contributed by atoms with Gasteiger partial charge in [-0.15, -0.1) is 0 Å². The number of likely N-dealkylation sites (tertiary alicyclic amines) is 1. The van der Waals surface area contributed by atoms with Crippen LogP contribution in [-0.4, -0.2) is 51.1 Å². The minimum Gasteiger partial charge on any atom is -0.481 e. The number of halogens is 2. The van der Waals surface area contributed by atoms with Crippen molar-refractivity contribution < 1.29 is 9.53 Å². The zero-order valence-corrected chi connectivity index (χ0v) is 22.2. The van der Waals surface area contributed by atoms with Crippen LogP contribution in [0.5, 0.6) is 5.75 Å². The third-order valence-electron chi connectivity index (χ3n) is 6.38. The van der Waals surface area contributed by atoms with Crippen LogP contribution < -0.4 is 10.1 Å². The van der Waals surface area contributed by atoms with E-state index in [1.54, 1.807) is 10.7 Å². The second-order valence-corrected chi connectivity index (χ2v) is 10.2. The summed E-state index contributed by atoms with van der Waals surface area (Å²) in [7, 11) is 0. The van der Waals surface area contributed by atoms with Gasteiger partial charge in [-0.2, -0.15) is 9.61 Å². The number of fused-ring (bicyclic) bond motifs is 1. The summed E-state index contributed by atoms with van der Waals surface area (Å²) in [6.07, 6.45) is 3.21. The number of nitrogens with one attached hydrogen (secondary N) is 1. The van der Waals surface area contributed by atoms with Crippen LogP contribution in [0.1, 0.15) is 19.8 Å². The highest BCUT2D eigenvalue weighted by Crippen LogP contribution is 2.30. The number of carbonyl (C=O) groups excluding carboxylic acids is 1. The molecule has 7 nitrogen and oxygen atoms in total. The van der Waals surface area contributed by atoms with Gasteiger partial charge in [0.1, 0.15) is 11.6 Å². The lowest BCUT2D eigenvalue weighted by atomic mass is 9.97. The van der Waals surface area contributed by atoms with E-state index in [1.165, 1.54) is 0 Å². The number of benzene rings is 2. The molecule has 2 aromatic heterocycles. The fraction of sp³-hybridized carbons (Fsp3) is 0.296. The number of anilines is 1. The number of nitrogens with zero attached hydrogens (tertiary/aromatic N) is 4. The van der Waals surface area contributed by atoms with Gasteiger partial charge < -0.3 is 15.0 Å². The molecule has 1 aliphatic rings. The lowest BCUT2D eigenvalue weighted by Crippen LogP contribution is -2.47. The van der Waals surface area contributed by atoms with E-state index in [0.29, 0.717) is 35.4 Å². The summed E-state index contributed by atoms with van der Waals surface area (Å²) in [5, 5.41) is 8.68. The van der Waals surface area contributed by atoms with Crippen molar-refractivity contribution in [1.82, 2.24) is 19.5 Å². The molecule has 1 aliphatic heterocycles. The van der Waals surface area contributed by atoms with Crippen molar-refractivity contribution in [3.8, 4) is 17.0 Å². The largest absolute Gasteiger partial charge is 0.481 e. The molecule has 0 spiro atoms. The molecule has 4 aromatic rings. The van der Waals surface area contributed by atoms with Gasteiger partial charge in [-0.3, -0.25) is 4.79 Å². The highest BCUT2D eigenvalue weighted by Gasteiger charge is 2.28. The summed E-state index contributed by atoms with van der Waals surface area (Å²) in [5.41, 5.74) is 2.34. The Morgan fingerprint density at radius 3 is 2.81 bits per heavy atom. The molecule has 1 saturated heterocycles. The van der Waals surface area contributed by atoms with E-state index in [2.05, 4.69) is 26.3 Å². The minimum atomic E-state index is -0.529. The van der Waals surface area contributed by atoms with Crippen molar-refractivity contribution in [1.29, 1.82) is 0 Å². The van der Waals surface area contributed by atoms with Gasteiger partial charge in [-0.1, -0.05) is 48.0 Å². The molecule has 0 radical (unpaired) electrons. The van der Waals surface area contributed by atoms with E-state index < -0.39 is 6.10 Å². The fourth-order valence-corrected chi connectivity index (χ4v) is 5.14. The van der Waals surface area contributed by atoms with E-state index in [0.717, 1.165) is 40.9 Å². The maximum absolute atomic E-state index is 13.1. The molecule has 36 heavy (non-hydrogen) atoms. The first kappa shape index (κ1) is 24.6. The smallest absolute Gasteiger partial charge is 0.263 e. The second-order valence-electron chi connectivity index (χ2n) is 8.98. The monoisotopic (exact) mass is 567 g/mol. The molecular weight excluding hydrogens is 542 g/mol. The number of amides is 1. The Kier molecular flexibility index (Phi) is 7.43. The van der Waals surface area contributed by atoms with Crippen molar-refractivity contribution in [2.75, 3.05) is 25.0 Å². The zero-order valence-electron chi connectivity index (χ0n) is 19.9. The first-order valence-corrected chi connectivity index (χ1v) is 13.2. The molecule has 1 fully saturated rings. The molecule has 0 aliphatic carbocycles. The van der Waals surface area contributed by atoms with Gasteiger partial charge in [0, 0.05) is 36.3 Å². The van der Waals surface area contributed by atoms with Crippen LogP contribution >= 0.6 is 27.5 Å². The zero-order chi connectivity index (χ0) is 25.1. The Hall–Kier alpha value is -3.10. The molecule has 2 atom stereocenters. The number of hydrogen-bond acceptors (Lipinski definition) is 5. The summed E-state index contributed by atoms with van der Waals surface area (Å²) in [6.45, 7) is 3.95. The van der Waals surface area contributed by atoms with E-state index in [1.807, 2.05) is 72.5 Å². The van der Waals surface area contributed by atoms with Crippen molar-refractivity contribution >= 4 is 44.9 Å². The maximum atomic E-state index is 13.1. The molecule has 3 heterocycles. The number of rotatable bonds is 7. The second kappa shape index (κ2) is 10.9. The SMILES string of the molecule is CC(Oc1ccccc1)C(=O)N1CCCC(CNc2cc(-c3ccccc3Cl)nc3c(Br)cnn23)C1. The third-order valence-corrected chi connectivity index (χ3v) is 7.27. The van der Waals surface area contributed by atoms with Crippen molar-refractivity contribution in [3.05, 3.63) is 76.4 Å². The van der Waals surface area contributed by atoms with Gasteiger partial charge in [-0.05, 0) is 59.8 Å². The van der Waals surface area contributed by atoms with Gasteiger partial charge in [0.25, 0.3) is 5.91 Å². The summed E-state index contributed by atoms with van der Waals surface area (Å²) >= 11 is 10.0. The van der Waals surface area contributed by atoms with E-state index in [4.69, 9.17) is 21.3 Å². The van der Waals surface area contributed by atoms with E-state index >= 15 is 0 Å². The van der Waals surface area contributed by atoms with Crippen LogP contribution in [0, 0.1) is 5.92 Å². The number of hydrogen-bond donors (Lipinski definition) is 1. The lowest BCUT2D eigenvalue weighted by Gasteiger charge is -2.34. The first-order chi connectivity index (χ1) is 17.5. The Balaban J connectivity index is 1.29. The Morgan fingerprint density at radius 2 is 2.00 bits per heavy atom. The van der Waals surface area contributed by atoms with Crippen LogP contribution in [-0.2, 0) is 4.79 Å². The third kappa shape index (κ3) is 5.34. The normalized spacial score (nSPS) is 16.6. The molecule has 0 bridgehead atoms. The minimum absolute atomic E-state index is 0.0202. The molecule has 1 N–H and O–H groups in total. The Labute approximate surface area is 223 Å². The van der Waals surface area contributed by atoms with Crippen LogP contribution in [0.3, 0.4) is 0 Å². The van der Waals surface area contributed by atoms with Gasteiger partial charge in [-0.25, -0.2) is 4.98 Å². The average molecular weight is 569 g/mol. The Bertz CT molecular complexity index is 1360. The van der Waals surface area contributed by atoms with Crippen LogP contribution in [0.15, 0.2) is 71.3 Å². The predicted molar refractivity (Wildman–Crippen MR) is 145 cm³/mol. The van der Waals surface area contributed by atoms with Crippen LogP contribution in [0.25, 0.3) is 16.9 Å². The summed E-state index contributed by atoms with van der Waals surface area (Å²) in [6, 6.07) is 19.1. The molecule has 0 saturated carbocycles. The number of para-hydroxylation sites is 1. The molecule has 2 aromatic carbocycles. The highest BCUT2D eigenvalue weighted by molar-refractivity contribution is 9.10. The lowest BCUT2D eigenvalue weighted by molar-refractivity contribution is -0.139. The van der Waals surface area contributed by atoms with Crippen LogP contribution in [0.4, 0.5) is 5.82 Å². The summed E-state index contributed by atoms with van der Waals surface area (Å²) < 4.78 is 8.46. The molecule has 2 unspecified atom stereocenters. The number of carbonyl (C=O) groups is 1. The van der Waals surface area contributed by atoms with Crippen molar-refractivity contribution in [2.45, 2.75) is 25.9 Å². The molecule has 1 amide bonds. The van der Waals surface area contributed by atoms with Gasteiger partial charge >= 0.3 is 0 Å². The van der Waals surface area contributed by atoms with Crippen LogP contribution in [0.2, 0.25) is 5.02 Å². The highest BCUT2D eigenvalue weighted by atomic mass is 79.9. The summed E-state index contributed by atoms with van der Waals surface area (Å²) in [5.74, 6) is 1.85. The fourth-order valence-electron chi connectivity index (χ4n) is 4.56. The number of ether oxygens (including phenoxy) is 1. The first-order valence-electron chi connectivity index (χ1n) is 12.0.